The van der Waals surface area contributed by atoms with Crippen LogP contribution in [0.15, 0.2) is 24.3 Å². The first kappa shape index (κ1) is 21.1. The van der Waals surface area contributed by atoms with Gasteiger partial charge < -0.3 is 10.5 Å². The van der Waals surface area contributed by atoms with Crippen molar-refractivity contribution in [3.8, 4) is 0 Å². The van der Waals surface area contributed by atoms with Crippen LogP contribution in [0.25, 0.3) is 0 Å². The number of imide groups is 1. The Hall–Kier alpha value is -1.97. The van der Waals surface area contributed by atoms with E-state index in [2.05, 4.69) is 4.18 Å². The molecule has 1 aromatic carbocycles. The quantitative estimate of drug-likeness (QED) is 0.619. The van der Waals surface area contributed by atoms with Gasteiger partial charge in [-0.1, -0.05) is 12.1 Å². The average Bonchev–Trinajstić information content (AvgIpc) is 2.42. The Morgan fingerprint density at radius 3 is 2.12 bits per heavy atom. The molecule has 25 heavy (non-hydrogen) atoms. The predicted octanol–water partition coefficient (Wildman–Crippen LogP) is 1.84. The molecule has 0 fully saturated rings. The van der Waals surface area contributed by atoms with E-state index in [1.807, 2.05) is 0 Å². The first-order chi connectivity index (χ1) is 11.3. The number of nitrogens with two attached hydrogens (primary N) is 1. The molecule has 1 aromatic rings. The monoisotopic (exact) mass is 372 g/mol. The first-order valence-corrected chi connectivity index (χ1v) is 9.37. The predicted molar refractivity (Wildman–Crippen MR) is 92.1 cm³/mol. The number of nitrogens with zero attached hydrogens (tertiary/aromatic N) is 1. The summed E-state index contributed by atoms with van der Waals surface area (Å²) in [6.07, 6.45) is -0.765. The molecule has 0 aromatic heterocycles. The van der Waals surface area contributed by atoms with E-state index in [0.29, 0.717) is 5.56 Å². The molecule has 0 saturated carbocycles. The maximum Gasteiger partial charge on any atom is 0.418 e. The minimum atomic E-state index is -3.55. The van der Waals surface area contributed by atoms with Gasteiger partial charge >= 0.3 is 6.09 Å². The van der Waals surface area contributed by atoms with E-state index in [9.17, 15) is 18.0 Å². The number of hydrogen-bond acceptors (Lipinski definition) is 7. The number of hydrogen-bond donors (Lipinski definition) is 1. The van der Waals surface area contributed by atoms with E-state index in [4.69, 9.17) is 10.5 Å². The standard InChI is InChI=1S/C16H24N2O6S/c1-11(17)18(15(20)24-16(2,3)4)14(19)13-8-6-12(7-9-13)10-23-25(5,21)22/h6-9,11H,10,17H2,1-5H3. The van der Waals surface area contributed by atoms with E-state index in [0.717, 1.165) is 11.2 Å². The summed E-state index contributed by atoms with van der Waals surface area (Å²) in [5.41, 5.74) is 5.75. The van der Waals surface area contributed by atoms with Crippen LogP contribution in [0.5, 0.6) is 0 Å². The van der Waals surface area contributed by atoms with Crippen LogP contribution < -0.4 is 5.73 Å². The molecule has 1 atom stereocenters. The molecule has 0 spiro atoms. The minimum Gasteiger partial charge on any atom is -0.443 e. The first-order valence-electron chi connectivity index (χ1n) is 7.55. The molecule has 140 valence electrons. The second-order valence-corrected chi connectivity index (χ2v) is 8.20. The van der Waals surface area contributed by atoms with Gasteiger partial charge in [-0.15, -0.1) is 0 Å². The summed E-state index contributed by atoms with van der Waals surface area (Å²) in [7, 11) is -3.55. The fourth-order valence-corrected chi connectivity index (χ4v) is 2.15. The van der Waals surface area contributed by atoms with Gasteiger partial charge in [0.15, 0.2) is 0 Å². The molecule has 0 radical (unpaired) electrons. The fourth-order valence-electron chi connectivity index (χ4n) is 1.80. The van der Waals surface area contributed by atoms with Gasteiger partial charge in [-0.2, -0.15) is 8.42 Å². The second kappa shape index (κ2) is 7.94. The van der Waals surface area contributed by atoms with Gasteiger partial charge in [0.2, 0.25) is 0 Å². The van der Waals surface area contributed by atoms with Crippen molar-refractivity contribution in [1.82, 2.24) is 4.90 Å². The Balaban J connectivity index is 2.93. The van der Waals surface area contributed by atoms with Crippen molar-refractivity contribution < 1.29 is 26.9 Å². The second-order valence-electron chi connectivity index (χ2n) is 6.56. The highest BCUT2D eigenvalue weighted by Gasteiger charge is 2.30. The third-order valence-electron chi connectivity index (χ3n) is 2.86. The molecule has 0 bridgehead atoms. The van der Waals surface area contributed by atoms with Crippen molar-refractivity contribution >= 4 is 22.1 Å². The topological polar surface area (TPSA) is 116 Å². The Bertz CT molecular complexity index is 720. The SMILES string of the molecule is CC(N)N(C(=O)OC(C)(C)C)C(=O)c1ccc(COS(C)(=O)=O)cc1. The molecular weight excluding hydrogens is 348 g/mol. The molecule has 0 heterocycles. The highest BCUT2D eigenvalue weighted by atomic mass is 32.2. The molecule has 1 unspecified atom stereocenters. The lowest BCUT2D eigenvalue weighted by Crippen LogP contribution is -2.49. The summed E-state index contributed by atoms with van der Waals surface area (Å²) in [5.74, 6) is -0.611. The van der Waals surface area contributed by atoms with Crippen LogP contribution in [0.2, 0.25) is 0 Å². The maximum atomic E-state index is 12.6. The highest BCUT2D eigenvalue weighted by molar-refractivity contribution is 7.85. The maximum absolute atomic E-state index is 12.6. The lowest BCUT2D eigenvalue weighted by atomic mass is 10.1. The number of benzene rings is 1. The summed E-state index contributed by atoms with van der Waals surface area (Å²) in [5, 5.41) is 0. The van der Waals surface area contributed by atoms with Crippen LogP contribution in [-0.2, 0) is 25.6 Å². The average molecular weight is 372 g/mol. The van der Waals surface area contributed by atoms with Crippen LogP contribution >= 0.6 is 0 Å². The summed E-state index contributed by atoms with van der Waals surface area (Å²) in [6.45, 7) is 6.41. The molecule has 2 N–H and O–H groups in total. The van der Waals surface area contributed by atoms with Gasteiger partial charge in [-0.25, -0.2) is 9.69 Å². The van der Waals surface area contributed by atoms with Gasteiger partial charge in [0.25, 0.3) is 16.0 Å². The zero-order valence-corrected chi connectivity index (χ0v) is 15.8. The largest absolute Gasteiger partial charge is 0.443 e. The Kier molecular flexibility index (Phi) is 6.69. The van der Waals surface area contributed by atoms with Crippen molar-refractivity contribution in [2.24, 2.45) is 5.73 Å². The zero-order valence-electron chi connectivity index (χ0n) is 15.0. The van der Waals surface area contributed by atoms with Crippen LogP contribution in [0.4, 0.5) is 4.79 Å². The van der Waals surface area contributed by atoms with Crippen molar-refractivity contribution in [3.63, 3.8) is 0 Å². The molecule has 2 amide bonds. The van der Waals surface area contributed by atoms with E-state index in [1.54, 1.807) is 20.8 Å². The Morgan fingerprint density at radius 1 is 1.20 bits per heavy atom. The Morgan fingerprint density at radius 2 is 1.72 bits per heavy atom. The van der Waals surface area contributed by atoms with Crippen molar-refractivity contribution in [2.45, 2.75) is 46.1 Å². The fraction of sp³-hybridized carbons (Fsp3) is 0.500. The number of carbonyl (C=O) groups excluding carboxylic acids is 2. The third kappa shape index (κ3) is 7.20. The van der Waals surface area contributed by atoms with Gasteiger partial charge in [0, 0.05) is 5.56 Å². The van der Waals surface area contributed by atoms with Crippen LogP contribution in [-0.4, -0.2) is 43.3 Å². The molecule has 0 saturated heterocycles. The molecule has 0 aliphatic carbocycles. The Labute approximate surface area is 148 Å². The van der Waals surface area contributed by atoms with Crippen LogP contribution in [0, 0.1) is 0 Å². The minimum absolute atomic E-state index is 0.142. The summed E-state index contributed by atoms with van der Waals surface area (Å²) >= 11 is 0. The summed E-state index contributed by atoms with van der Waals surface area (Å²) in [4.78, 5) is 25.6. The number of ether oxygens (including phenoxy) is 1. The molecular formula is C16H24N2O6S. The molecule has 0 aliphatic rings. The highest BCUT2D eigenvalue weighted by Crippen LogP contribution is 2.15. The van der Waals surface area contributed by atoms with Gasteiger partial charge in [0.05, 0.1) is 19.0 Å². The molecule has 8 nitrogen and oxygen atoms in total. The van der Waals surface area contributed by atoms with E-state index >= 15 is 0 Å². The van der Waals surface area contributed by atoms with Gasteiger partial charge in [0.1, 0.15) is 5.60 Å². The molecule has 1 rings (SSSR count). The molecule has 9 heteroatoms. The number of carbonyl (C=O) groups is 2. The van der Waals surface area contributed by atoms with Gasteiger partial charge in [-0.3, -0.25) is 8.98 Å². The van der Waals surface area contributed by atoms with Gasteiger partial charge in [-0.05, 0) is 45.4 Å². The van der Waals surface area contributed by atoms with E-state index in [1.165, 1.54) is 31.2 Å². The zero-order chi connectivity index (χ0) is 19.4. The molecule has 0 aliphatic heterocycles. The number of rotatable bonds is 5. The third-order valence-corrected chi connectivity index (χ3v) is 3.40. The normalized spacial score (nSPS) is 13.2. The van der Waals surface area contributed by atoms with Crippen molar-refractivity contribution in [2.75, 3.05) is 6.26 Å². The van der Waals surface area contributed by atoms with E-state index < -0.39 is 33.9 Å². The summed E-state index contributed by atoms with van der Waals surface area (Å²) < 4.78 is 31.8. The lowest BCUT2D eigenvalue weighted by molar-refractivity contribution is 0.0183. The summed E-state index contributed by atoms with van der Waals surface area (Å²) in [6, 6.07) is 5.99. The van der Waals surface area contributed by atoms with Crippen LogP contribution in [0.3, 0.4) is 0 Å². The van der Waals surface area contributed by atoms with E-state index in [-0.39, 0.29) is 12.2 Å². The number of amides is 2. The smallest absolute Gasteiger partial charge is 0.418 e. The van der Waals surface area contributed by atoms with Crippen molar-refractivity contribution in [3.05, 3.63) is 35.4 Å². The van der Waals surface area contributed by atoms with Crippen LogP contribution in [0.1, 0.15) is 43.6 Å². The lowest BCUT2D eigenvalue weighted by Gasteiger charge is -2.28. The van der Waals surface area contributed by atoms with Crippen molar-refractivity contribution in [1.29, 1.82) is 0 Å².